The summed E-state index contributed by atoms with van der Waals surface area (Å²) >= 11 is 0. The standard InChI is InChI=1S/C17H18F3N3O2/c1-11(21-2)22-14(7-10-24)15(25)23-16(8-9-16)12-3-5-13(6-4-12)17(18,19)20/h3-7,10H,8-9H2,1-2H3,(H,21,22)(H,23,25)/b14-7-. The van der Waals surface area contributed by atoms with Gasteiger partial charge in [0.05, 0.1) is 16.9 Å². The number of halogens is 3. The second-order valence-corrected chi connectivity index (χ2v) is 5.76. The van der Waals surface area contributed by atoms with Crippen molar-refractivity contribution in [3.8, 4) is 0 Å². The number of nitrogens with zero attached hydrogens (tertiary/aromatic N) is 1. The minimum atomic E-state index is -4.40. The molecule has 0 aromatic heterocycles. The van der Waals surface area contributed by atoms with Crippen LogP contribution >= 0.6 is 0 Å². The molecule has 0 spiro atoms. The lowest BCUT2D eigenvalue weighted by atomic mass is 10.0. The number of aliphatic imine (C=N–C) groups is 1. The van der Waals surface area contributed by atoms with E-state index < -0.39 is 23.2 Å². The number of aldehydes is 1. The van der Waals surface area contributed by atoms with E-state index in [4.69, 9.17) is 0 Å². The minimum absolute atomic E-state index is 0.0243. The van der Waals surface area contributed by atoms with Crippen LogP contribution in [-0.2, 0) is 21.3 Å². The van der Waals surface area contributed by atoms with Crippen molar-refractivity contribution >= 4 is 18.0 Å². The Labute approximate surface area is 143 Å². The first-order valence-electron chi connectivity index (χ1n) is 7.58. The van der Waals surface area contributed by atoms with Gasteiger partial charge in [0.2, 0.25) is 0 Å². The fourth-order valence-corrected chi connectivity index (χ4v) is 2.37. The van der Waals surface area contributed by atoms with Crippen LogP contribution in [0, 0.1) is 0 Å². The molecule has 0 unspecified atom stereocenters. The van der Waals surface area contributed by atoms with Gasteiger partial charge in [-0.2, -0.15) is 13.2 Å². The Morgan fingerprint density at radius 2 is 1.84 bits per heavy atom. The largest absolute Gasteiger partial charge is 0.416 e. The number of carbonyl (C=O) groups is 2. The lowest BCUT2D eigenvalue weighted by Gasteiger charge is -2.20. The number of alkyl halides is 3. The normalized spacial score (nSPS) is 17.0. The third-order valence-electron chi connectivity index (χ3n) is 4.00. The second-order valence-electron chi connectivity index (χ2n) is 5.76. The smallest absolute Gasteiger partial charge is 0.341 e. The Hall–Kier alpha value is -2.64. The van der Waals surface area contributed by atoms with Gasteiger partial charge in [-0.25, -0.2) is 0 Å². The fraction of sp³-hybridized carbons (Fsp3) is 0.353. The van der Waals surface area contributed by atoms with E-state index in [1.807, 2.05) is 0 Å². The average Bonchev–Trinajstić information content (AvgIpc) is 3.34. The number of allylic oxidation sites excluding steroid dienone is 1. The van der Waals surface area contributed by atoms with E-state index in [0.29, 0.717) is 30.5 Å². The van der Waals surface area contributed by atoms with Crippen LogP contribution in [-0.4, -0.2) is 25.1 Å². The first kappa shape index (κ1) is 18.7. The van der Waals surface area contributed by atoms with E-state index in [1.54, 1.807) is 6.92 Å². The molecule has 0 radical (unpaired) electrons. The van der Waals surface area contributed by atoms with E-state index in [2.05, 4.69) is 15.6 Å². The van der Waals surface area contributed by atoms with Crippen LogP contribution in [0.2, 0.25) is 0 Å². The summed E-state index contributed by atoms with van der Waals surface area (Å²) in [7, 11) is 1.53. The summed E-state index contributed by atoms with van der Waals surface area (Å²) in [4.78, 5) is 27.0. The maximum atomic E-state index is 12.7. The molecule has 1 aromatic carbocycles. The molecule has 1 saturated carbocycles. The number of benzene rings is 1. The van der Waals surface area contributed by atoms with Crippen molar-refractivity contribution < 1.29 is 22.8 Å². The van der Waals surface area contributed by atoms with Crippen LogP contribution in [0.5, 0.6) is 0 Å². The van der Waals surface area contributed by atoms with Crippen LogP contribution < -0.4 is 10.6 Å². The van der Waals surface area contributed by atoms with E-state index in [-0.39, 0.29) is 5.70 Å². The van der Waals surface area contributed by atoms with Crippen LogP contribution in [0.1, 0.15) is 30.9 Å². The van der Waals surface area contributed by atoms with Gasteiger partial charge in [0.1, 0.15) is 12.0 Å². The average molecular weight is 353 g/mol. The highest BCUT2D eigenvalue weighted by molar-refractivity contribution is 6.01. The molecule has 5 nitrogen and oxygen atoms in total. The van der Waals surface area contributed by atoms with Crippen LogP contribution in [0.4, 0.5) is 13.2 Å². The maximum absolute atomic E-state index is 12.7. The van der Waals surface area contributed by atoms with E-state index in [1.165, 1.54) is 19.2 Å². The predicted molar refractivity (Wildman–Crippen MR) is 86.8 cm³/mol. The molecule has 1 aliphatic carbocycles. The van der Waals surface area contributed by atoms with Crippen molar-refractivity contribution in [1.82, 2.24) is 10.6 Å². The molecule has 0 heterocycles. The van der Waals surface area contributed by atoms with Crippen LogP contribution in [0.25, 0.3) is 0 Å². The number of hydrogen-bond acceptors (Lipinski definition) is 3. The minimum Gasteiger partial charge on any atom is -0.341 e. The zero-order valence-electron chi connectivity index (χ0n) is 13.8. The monoisotopic (exact) mass is 353 g/mol. The van der Waals surface area contributed by atoms with Crippen molar-refractivity contribution in [3.05, 3.63) is 47.2 Å². The van der Waals surface area contributed by atoms with Gasteiger partial charge in [-0.05, 0) is 37.5 Å². The van der Waals surface area contributed by atoms with Gasteiger partial charge in [0, 0.05) is 13.1 Å². The molecule has 0 saturated heterocycles. The van der Waals surface area contributed by atoms with Gasteiger partial charge < -0.3 is 10.6 Å². The molecule has 1 amide bonds. The first-order chi connectivity index (χ1) is 11.7. The van der Waals surface area contributed by atoms with Crippen molar-refractivity contribution in [2.75, 3.05) is 7.05 Å². The summed E-state index contributed by atoms with van der Waals surface area (Å²) in [6.07, 6.45) is -1.63. The van der Waals surface area contributed by atoms with Gasteiger partial charge in [-0.3, -0.25) is 14.6 Å². The highest BCUT2D eigenvalue weighted by Crippen LogP contribution is 2.46. The number of rotatable bonds is 5. The molecule has 1 aromatic rings. The number of nitrogens with one attached hydrogen (secondary N) is 2. The molecular formula is C17H18F3N3O2. The summed E-state index contributed by atoms with van der Waals surface area (Å²) in [5.41, 5.74) is -0.824. The molecule has 8 heteroatoms. The molecule has 134 valence electrons. The Kier molecular flexibility index (Phi) is 5.30. The lowest BCUT2D eigenvalue weighted by molar-refractivity contribution is -0.137. The molecule has 2 rings (SSSR count). The van der Waals surface area contributed by atoms with Gasteiger partial charge in [-0.1, -0.05) is 12.1 Å². The highest BCUT2D eigenvalue weighted by atomic mass is 19.4. The lowest BCUT2D eigenvalue weighted by Crippen LogP contribution is -2.40. The third kappa shape index (κ3) is 4.46. The van der Waals surface area contributed by atoms with Gasteiger partial charge in [0.25, 0.3) is 5.91 Å². The first-order valence-corrected chi connectivity index (χ1v) is 7.58. The topological polar surface area (TPSA) is 70.6 Å². The quantitative estimate of drug-likeness (QED) is 0.370. The van der Waals surface area contributed by atoms with Crippen LogP contribution in [0.3, 0.4) is 0 Å². The third-order valence-corrected chi connectivity index (χ3v) is 4.00. The zero-order valence-corrected chi connectivity index (χ0v) is 13.8. The predicted octanol–water partition coefficient (Wildman–Crippen LogP) is 2.53. The number of amidine groups is 1. The van der Waals surface area contributed by atoms with E-state index in [0.717, 1.165) is 18.2 Å². The second kappa shape index (κ2) is 7.08. The van der Waals surface area contributed by atoms with Crippen molar-refractivity contribution in [2.24, 2.45) is 4.99 Å². The SMILES string of the molecule is CN=C(C)N/C(=C\C=O)C(=O)NC1(c2ccc(C(F)(F)F)cc2)CC1. The fourth-order valence-electron chi connectivity index (χ4n) is 2.37. The molecule has 0 bridgehead atoms. The van der Waals surface area contributed by atoms with Crippen molar-refractivity contribution in [3.63, 3.8) is 0 Å². The van der Waals surface area contributed by atoms with E-state index in [9.17, 15) is 22.8 Å². The Balaban J connectivity index is 2.16. The van der Waals surface area contributed by atoms with Gasteiger partial charge >= 0.3 is 6.18 Å². The molecule has 0 atom stereocenters. The Bertz CT molecular complexity index is 718. The summed E-state index contributed by atoms with van der Waals surface area (Å²) in [5.74, 6) is -0.0740. The zero-order chi connectivity index (χ0) is 18.7. The number of amides is 1. The van der Waals surface area contributed by atoms with Crippen molar-refractivity contribution in [1.29, 1.82) is 0 Å². The number of carbonyl (C=O) groups excluding carboxylic acids is 2. The summed E-state index contributed by atoms with van der Waals surface area (Å²) in [5, 5.41) is 5.51. The maximum Gasteiger partial charge on any atom is 0.416 e. The molecule has 2 N–H and O–H groups in total. The van der Waals surface area contributed by atoms with Gasteiger partial charge in [0.15, 0.2) is 0 Å². The molecule has 1 aliphatic rings. The molecule has 25 heavy (non-hydrogen) atoms. The highest BCUT2D eigenvalue weighted by Gasteiger charge is 2.46. The molecular weight excluding hydrogens is 335 g/mol. The summed E-state index contributed by atoms with van der Waals surface area (Å²) < 4.78 is 38.0. The van der Waals surface area contributed by atoms with Crippen LogP contribution in [0.15, 0.2) is 41.0 Å². The molecule has 1 fully saturated rings. The van der Waals surface area contributed by atoms with Gasteiger partial charge in [-0.15, -0.1) is 0 Å². The van der Waals surface area contributed by atoms with Crippen molar-refractivity contribution in [2.45, 2.75) is 31.5 Å². The summed E-state index contributed by atoms with van der Waals surface area (Å²) in [6, 6.07) is 4.72. The Morgan fingerprint density at radius 1 is 1.24 bits per heavy atom. The summed E-state index contributed by atoms with van der Waals surface area (Å²) in [6.45, 7) is 1.63. The Morgan fingerprint density at radius 3 is 2.28 bits per heavy atom. The molecule has 0 aliphatic heterocycles. The van der Waals surface area contributed by atoms with E-state index >= 15 is 0 Å². The number of hydrogen-bond donors (Lipinski definition) is 2.